The molecule has 0 aliphatic heterocycles. The maximum absolute atomic E-state index is 8.74. The maximum atomic E-state index is 8.74. The second-order valence-corrected chi connectivity index (χ2v) is 5.91. The van der Waals surface area contributed by atoms with Crippen LogP contribution in [0, 0.1) is 12.8 Å². The third-order valence-electron chi connectivity index (χ3n) is 3.23. The van der Waals surface area contributed by atoms with Gasteiger partial charge in [-0.05, 0) is 50.8 Å². The summed E-state index contributed by atoms with van der Waals surface area (Å²) in [6, 6.07) is 4.01. The second-order valence-electron chi connectivity index (χ2n) is 5.91. The van der Waals surface area contributed by atoms with E-state index in [2.05, 4.69) is 24.1 Å². The molecule has 0 amide bonds. The van der Waals surface area contributed by atoms with Crippen molar-refractivity contribution < 1.29 is 9.84 Å². The quantitative estimate of drug-likeness (QED) is 0.616. The number of pyridine rings is 1. The predicted molar refractivity (Wildman–Crippen MR) is 86.6 cm³/mol. The highest BCUT2D eigenvalue weighted by Gasteiger charge is 2.06. The van der Waals surface area contributed by atoms with Crippen molar-refractivity contribution in [3.8, 4) is 5.75 Å². The Morgan fingerprint density at radius 3 is 2.67 bits per heavy atom. The molecule has 0 unspecified atom stereocenters. The van der Waals surface area contributed by atoms with Gasteiger partial charge in [-0.15, -0.1) is 0 Å². The van der Waals surface area contributed by atoms with Gasteiger partial charge >= 0.3 is 0 Å². The van der Waals surface area contributed by atoms with Crippen molar-refractivity contribution in [1.82, 2.24) is 10.3 Å². The number of aromatic nitrogens is 1. The molecule has 1 aromatic rings. The van der Waals surface area contributed by atoms with E-state index < -0.39 is 0 Å². The van der Waals surface area contributed by atoms with Crippen molar-refractivity contribution >= 4 is 0 Å². The molecule has 1 aromatic heterocycles. The van der Waals surface area contributed by atoms with Crippen LogP contribution < -0.4 is 10.1 Å². The monoisotopic (exact) mass is 294 g/mol. The van der Waals surface area contributed by atoms with E-state index in [-0.39, 0.29) is 6.61 Å². The molecule has 0 aromatic carbocycles. The number of nitrogens with zero attached hydrogens (tertiary/aromatic N) is 1. The van der Waals surface area contributed by atoms with Crippen LogP contribution in [0.1, 0.15) is 50.9 Å². The SMILES string of the molecule is Cc1ccc(OCCCCCCO)c(CNCC(C)C)n1. The van der Waals surface area contributed by atoms with Gasteiger partial charge in [0, 0.05) is 18.8 Å². The van der Waals surface area contributed by atoms with Crippen molar-refractivity contribution in [3.05, 3.63) is 23.5 Å². The largest absolute Gasteiger partial charge is 0.492 e. The Kier molecular flexibility index (Phi) is 9.02. The van der Waals surface area contributed by atoms with Crippen LogP contribution in [0.4, 0.5) is 0 Å². The highest BCUT2D eigenvalue weighted by atomic mass is 16.5. The van der Waals surface area contributed by atoms with Crippen LogP contribution in [0.25, 0.3) is 0 Å². The Hall–Kier alpha value is -1.13. The average Bonchev–Trinajstić information content (AvgIpc) is 2.44. The van der Waals surface area contributed by atoms with Gasteiger partial charge in [-0.2, -0.15) is 0 Å². The van der Waals surface area contributed by atoms with Gasteiger partial charge < -0.3 is 15.2 Å². The first-order valence-electron chi connectivity index (χ1n) is 8.04. The molecule has 0 saturated carbocycles. The molecular weight excluding hydrogens is 264 g/mol. The highest BCUT2D eigenvalue weighted by Crippen LogP contribution is 2.17. The predicted octanol–water partition coefficient (Wildman–Crippen LogP) is 3.07. The summed E-state index contributed by atoms with van der Waals surface area (Å²) in [5.41, 5.74) is 2.01. The van der Waals surface area contributed by atoms with Crippen molar-refractivity contribution in [3.63, 3.8) is 0 Å². The van der Waals surface area contributed by atoms with Crippen LogP contribution in [0.3, 0.4) is 0 Å². The van der Waals surface area contributed by atoms with Gasteiger partial charge in [0.15, 0.2) is 0 Å². The third-order valence-corrected chi connectivity index (χ3v) is 3.23. The summed E-state index contributed by atoms with van der Waals surface area (Å²) in [5.74, 6) is 1.52. The molecule has 0 fully saturated rings. The molecule has 2 N–H and O–H groups in total. The lowest BCUT2D eigenvalue weighted by molar-refractivity contribution is 0.272. The molecule has 4 nitrogen and oxygen atoms in total. The zero-order valence-electron chi connectivity index (χ0n) is 13.7. The van der Waals surface area contributed by atoms with Crippen LogP contribution in [0.2, 0.25) is 0 Å². The summed E-state index contributed by atoms with van der Waals surface area (Å²) in [5, 5.41) is 12.2. The lowest BCUT2D eigenvalue weighted by atomic mass is 10.2. The molecule has 21 heavy (non-hydrogen) atoms. The summed E-state index contributed by atoms with van der Waals surface area (Å²) in [4.78, 5) is 4.58. The van der Waals surface area contributed by atoms with Gasteiger partial charge in [-0.25, -0.2) is 0 Å². The zero-order valence-corrected chi connectivity index (χ0v) is 13.7. The Morgan fingerprint density at radius 2 is 1.95 bits per heavy atom. The van der Waals surface area contributed by atoms with Gasteiger partial charge in [0.1, 0.15) is 5.75 Å². The fourth-order valence-electron chi connectivity index (χ4n) is 2.08. The standard InChI is InChI=1S/C17H30N2O2/c1-14(2)12-18-13-16-17(9-8-15(3)19-16)21-11-7-5-4-6-10-20/h8-9,14,18,20H,4-7,10-13H2,1-3H3. The molecule has 1 heterocycles. The van der Waals surface area contributed by atoms with E-state index in [1.807, 2.05) is 19.1 Å². The fourth-order valence-corrected chi connectivity index (χ4v) is 2.08. The molecule has 0 bridgehead atoms. The molecule has 0 aliphatic carbocycles. The number of aryl methyl sites for hydroxylation is 1. The first-order valence-corrected chi connectivity index (χ1v) is 8.04. The summed E-state index contributed by atoms with van der Waals surface area (Å²) >= 11 is 0. The van der Waals surface area contributed by atoms with Crippen molar-refractivity contribution in [2.24, 2.45) is 5.92 Å². The summed E-state index contributed by atoms with van der Waals surface area (Å²) in [6.07, 6.45) is 4.07. The molecule has 0 saturated heterocycles. The first-order chi connectivity index (χ1) is 10.1. The van der Waals surface area contributed by atoms with Gasteiger partial charge in [0.05, 0.1) is 12.3 Å². The van der Waals surface area contributed by atoms with Crippen LogP contribution in [0.15, 0.2) is 12.1 Å². The Balaban J connectivity index is 2.40. The van der Waals surface area contributed by atoms with Crippen molar-refractivity contribution in [2.75, 3.05) is 19.8 Å². The van der Waals surface area contributed by atoms with E-state index in [1.54, 1.807) is 0 Å². The highest BCUT2D eigenvalue weighted by molar-refractivity contribution is 5.29. The first kappa shape index (κ1) is 17.9. The fraction of sp³-hybridized carbons (Fsp3) is 0.706. The number of nitrogens with one attached hydrogen (secondary N) is 1. The van der Waals surface area contributed by atoms with E-state index in [0.29, 0.717) is 12.5 Å². The smallest absolute Gasteiger partial charge is 0.142 e. The van der Waals surface area contributed by atoms with Gasteiger partial charge in [-0.3, -0.25) is 4.98 Å². The molecule has 120 valence electrons. The van der Waals surface area contributed by atoms with E-state index in [0.717, 1.165) is 55.9 Å². The van der Waals surface area contributed by atoms with Crippen molar-refractivity contribution in [2.45, 2.75) is 53.0 Å². The molecule has 4 heteroatoms. The number of hydrogen-bond donors (Lipinski definition) is 2. The molecular formula is C17H30N2O2. The lowest BCUT2D eigenvalue weighted by Crippen LogP contribution is -2.20. The zero-order chi connectivity index (χ0) is 15.5. The van der Waals surface area contributed by atoms with Gasteiger partial charge in [-0.1, -0.05) is 20.3 Å². The third kappa shape index (κ3) is 8.02. The normalized spacial score (nSPS) is 11.1. The number of ether oxygens (including phenoxy) is 1. The summed E-state index contributed by atoms with van der Waals surface area (Å²) in [7, 11) is 0. The van der Waals surface area contributed by atoms with Crippen LogP contribution in [-0.4, -0.2) is 29.8 Å². The number of aliphatic hydroxyl groups excluding tert-OH is 1. The minimum atomic E-state index is 0.286. The molecule has 0 atom stereocenters. The number of hydrogen-bond acceptors (Lipinski definition) is 4. The Bertz CT molecular complexity index is 394. The summed E-state index contributed by atoms with van der Waals surface area (Å²) < 4.78 is 5.86. The molecule has 0 spiro atoms. The number of unbranched alkanes of at least 4 members (excludes halogenated alkanes) is 3. The van der Waals surface area contributed by atoms with Crippen LogP contribution in [-0.2, 0) is 6.54 Å². The van der Waals surface area contributed by atoms with Gasteiger partial charge in [0.2, 0.25) is 0 Å². The second kappa shape index (κ2) is 10.6. The molecule has 0 aliphatic rings. The van der Waals surface area contributed by atoms with Crippen molar-refractivity contribution in [1.29, 1.82) is 0 Å². The minimum Gasteiger partial charge on any atom is -0.492 e. The molecule has 0 radical (unpaired) electrons. The minimum absolute atomic E-state index is 0.286. The molecule has 1 rings (SSSR count). The lowest BCUT2D eigenvalue weighted by Gasteiger charge is -2.13. The van der Waals surface area contributed by atoms with E-state index >= 15 is 0 Å². The van der Waals surface area contributed by atoms with Gasteiger partial charge in [0.25, 0.3) is 0 Å². The number of aliphatic hydroxyl groups is 1. The Morgan fingerprint density at radius 1 is 1.19 bits per heavy atom. The number of rotatable bonds is 11. The van der Waals surface area contributed by atoms with Crippen LogP contribution in [0.5, 0.6) is 5.75 Å². The van der Waals surface area contributed by atoms with Crippen LogP contribution >= 0.6 is 0 Å². The average molecular weight is 294 g/mol. The Labute approximate surface area is 128 Å². The van der Waals surface area contributed by atoms with E-state index in [9.17, 15) is 0 Å². The van der Waals surface area contributed by atoms with E-state index in [4.69, 9.17) is 9.84 Å². The topological polar surface area (TPSA) is 54.4 Å². The summed E-state index contributed by atoms with van der Waals surface area (Å²) in [6.45, 7) is 9.13. The maximum Gasteiger partial charge on any atom is 0.142 e. The van der Waals surface area contributed by atoms with E-state index in [1.165, 1.54) is 0 Å².